The number of benzene rings is 1. The fraction of sp³-hybridized carbons (Fsp3) is 0.333. The molecule has 0 saturated carbocycles. The molecule has 0 radical (unpaired) electrons. The standard InChI is InChI=1S/C15H17N3O5S/c1-4-10-14(24-18-17-10)15(20)23-8-13(19)16-9-5-6-11(21-2)12(7-9)22-3/h5-7H,4,8H2,1-3H3,(H,16,19). The molecule has 1 heterocycles. The van der Waals surface area contributed by atoms with Crippen LogP contribution in [0.1, 0.15) is 22.3 Å². The van der Waals surface area contributed by atoms with Crippen LogP contribution in [0.25, 0.3) is 0 Å². The Morgan fingerprint density at radius 3 is 2.62 bits per heavy atom. The summed E-state index contributed by atoms with van der Waals surface area (Å²) >= 11 is 0.949. The van der Waals surface area contributed by atoms with E-state index >= 15 is 0 Å². The van der Waals surface area contributed by atoms with Gasteiger partial charge in [-0.3, -0.25) is 4.79 Å². The molecule has 9 heteroatoms. The molecule has 1 aromatic carbocycles. The highest BCUT2D eigenvalue weighted by molar-refractivity contribution is 7.07. The van der Waals surface area contributed by atoms with Gasteiger partial charge in [-0.05, 0) is 30.1 Å². The number of aromatic nitrogens is 2. The van der Waals surface area contributed by atoms with E-state index < -0.39 is 18.5 Å². The molecule has 0 fully saturated rings. The number of methoxy groups -OCH3 is 2. The lowest BCUT2D eigenvalue weighted by Crippen LogP contribution is -2.21. The molecule has 0 unspecified atom stereocenters. The molecule has 0 aliphatic rings. The van der Waals surface area contributed by atoms with Crippen molar-refractivity contribution in [2.45, 2.75) is 13.3 Å². The first-order valence-corrected chi connectivity index (χ1v) is 7.86. The van der Waals surface area contributed by atoms with Crippen LogP contribution in [0.5, 0.6) is 11.5 Å². The zero-order valence-corrected chi connectivity index (χ0v) is 14.3. The topological polar surface area (TPSA) is 99.6 Å². The van der Waals surface area contributed by atoms with E-state index in [0.29, 0.717) is 34.2 Å². The molecular weight excluding hydrogens is 334 g/mol. The summed E-state index contributed by atoms with van der Waals surface area (Å²) in [6.07, 6.45) is 0.568. The molecule has 0 saturated heterocycles. The number of aryl methyl sites for hydroxylation is 1. The van der Waals surface area contributed by atoms with Gasteiger partial charge in [0.15, 0.2) is 23.0 Å². The predicted octanol–water partition coefficient (Wildman–Crippen LogP) is 1.91. The molecule has 0 atom stereocenters. The Balaban J connectivity index is 1.93. The van der Waals surface area contributed by atoms with Gasteiger partial charge in [0.05, 0.1) is 19.9 Å². The Kier molecular flexibility index (Phi) is 6.07. The average Bonchev–Trinajstić information content (AvgIpc) is 3.08. The molecule has 0 aliphatic heterocycles. The first-order chi connectivity index (χ1) is 11.6. The van der Waals surface area contributed by atoms with Crippen LogP contribution in [0.4, 0.5) is 5.69 Å². The Bertz CT molecular complexity index is 732. The monoisotopic (exact) mass is 351 g/mol. The third-order valence-electron chi connectivity index (χ3n) is 3.08. The number of rotatable bonds is 7. The summed E-state index contributed by atoms with van der Waals surface area (Å²) in [5.41, 5.74) is 1.06. The summed E-state index contributed by atoms with van der Waals surface area (Å²) in [4.78, 5) is 24.1. The van der Waals surface area contributed by atoms with Crippen LogP contribution < -0.4 is 14.8 Å². The Morgan fingerprint density at radius 2 is 1.96 bits per heavy atom. The molecule has 1 amide bonds. The maximum absolute atomic E-state index is 11.9. The largest absolute Gasteiger partial charge is 0.493 e. The number of hydrogen-bond donors (Lipinski definition) is 1. The molecule has 2 rings (SSSR count). The summed E-state index contributed by atoms with van der Waals surface area (Å²) < 4.78 is 19.0. The number of nitrogens with zero attached hydrogens (tertiary/aromatic N) is 2. The van der Waals surface area contributed by atoms with Gasteiger partial charge in [0.25, 0.3) is 5.91 Å². The molecule has 8 nitrogen and oxygen atoms in total. The van der Waals surface area contributed by atoms with Crippen molar-refractivity contribution in [1.29, 1.82) is 0 Å². The fourth-order valence-corrected chi connectivity index (χ4v) is 2.55. The van der Waals surface area contributed by atoms with E-state index in [2.05, 4.69) is 14.9 Å². The molecule has 0 bridgehead atoms. The number of esters is 1. The number of anilines is 1. The van der Waals surface area contributed by atoms with Crippen LogP contribution >= 0.6 is 11.5 Å². The van der Waals surface area contributed by atoms with Crippen molar-refractivity contribution >= 4 is 29.1 Å². The molecule has 0 aliphatic carbocycles. The minimum Gasteiger partial charge on any atom is -0.493 e. The number of amides is 1. The van der Waals surface area contributed by atoms with Gasteiger partial charge in [-0.1, -0.05) is 11.4 Å². The van der Waals surface area contributed by atoms with Crippen LogP contribution in [-0.2, 0) is 16.0 Å². The Hall–Kier alpha value is -2.68. The lowest BCUT2D eigenvalue weighted by molar-refractivity contribution is -0.119. The summed E-state index contributed by atoms with van der Waals surface area (Å²) in [5.74, 6) is -0.0438. The maximum atomic E-state index is 11.9. The van der Waals surface area contributed by atoms with E-state index in [1.54, 1.807) is 18.2 Å². The van der Waals surface area contributed by atoms with E-state index in [0.717, 1.165) is 11.5 Å². The van der Waals surface area contributed by atoms with Crippen molar-refractivity contribution in [1.82, 2.24) is 9.59 Å². The zero-order valence-electron chi connectivity index (χ0n) is 13.5. The van der Waals surface area contributed by atoms with Gasteiger partial charge in [-0.25, -0.2) is 4.79 Å². The minimum absolute atomic E-state index is 0.316. The average molecular weight is 351 g/mol. The highest BCUT2D eigenvalue weighted by Gasteiger charge is 2.18. The minimum atomic E-state index is -0.607. The van der Waals surface area contributed by atoms with Gasteiger partial charge in [-0.15, -0.1) is 5.10 Å². The molecular formula is C15H17N3O5S. The van der Waals surface area contributed by atoms with Crippen molar-refractivity contribution in [3.05, 3.63) is 28.8 Å². The zero-order chi connectivity index (χ0) is 17.5. The molecule has 128 valence electrons. The van der Waals surface area contributed by atoms with Crippen molar-refractivity contribution < 1.29 is 23.8 Å². The van der Waals surface area contributed by atoms with Crippen LogP contribution in [0.2, 0.25) is 0 Å². The van der Waals surface area contributed by atoms with Gasteiger partial charge >= 0.3 is 5.97 Å². The van der Waals surface area contributed by atoms with Gasteiger partial charge in [-0.2, -0.15) is 0 Å². The predicted molar refractivity (Wildman–Crippen MR) is 87.7 cm³/mol. The fourth-order valence-electron chi connectivity index (χ4n) is 1.90. The lowest BCUT2D eigenvalue weighted by atomic mass is 10.2. The molecule has 0 spiro atoms. The molecule has 2 aromatic rings. The van der Waals surface area contributed by atoms with E-state index in [4.69, 9.17) is 14.2 Å². The first-order valence-electron chi connectivity index (χ1n) is 7.09. The Labute approximate surface area is 142 Å². The van der Waals surface area contributed by atoms with E-state index in [9.17, 15) is 9.59 Å². The van der Waals surface area contributed by atoms with Gasteiger partial charge in [0.2, 0.25) is 0 Å². The summed E-state index contributed by atoms with van der Waals surface area (Å²) in [6.45, 7) is 1.45. The Morgan fingerprint density at radius 1 is 1.21 bits per heavy atom. The van der Waals surface area contributed by atoms with E-state index in [-0.39, 0.29) is 0 Å². The van der Waals surface area contributed by atoms with Gasteiger partial charge in [0.1, 0.15) is 0 Å². The van der Waals surface area contributed by atoms with Crippen LogP contribution in [-0.4, -0.2) is 42.3 Å². The summed E-state index contributed by atoms with van der Waals surface area (Å²) in [5, 5.41) is 6.45. The first kappa shape index (κ1) is 17.7. The number of carbonyl (C=O) groups is 2. The highest BCUT2D eigenvalue weighted by Crippen LogP contribution is 2.29. The third-order valence-corrected chi connectivity index (χ3v) is 3.83. The quantitative estimate of drug-likeness (QED) is 0.761. The highest BCUT2D eigenvalue weighted by atomic mass is 32.1. The van der Waals surface area contributed by atoms with Gasteiger partial charge in [0, 0.05) is 11.8 Å². The molecule has 24 heavy (non-hydrogen) atoms. The maximum Gasteiger partial charge on any atom is 0.352 e. The molecule has 1 aromatic heterocycles. The number of carbonyl (C=O) groups excluding carboxylic acids is 2. The lowest BCUT2D eigenvalue weighted by Gasteiger charge is -2.10. The number of hydrogen-bond acceptors (Lipinski definition) is 8. The van der Waals surface area contributed by atoms with E-state index in [1.807, 2.05) is 6.92 Å². The second-order valence-corrected chi connectivity index (χ2v) is 5.35. The van der Waals surface area contributed by atoms with Crippen LogP contribution in [0.15, 0.2) is 18.2 Å². The smallest absolute Gasteiger partial charge is 0.352 e. The SMILES string of the molecule is CCc1nnsc1C(=O)OCC(=O)Nc1ccc(OC)c(OC)c1. The third kappa shape index (κ3) is 4.19. The van der Waals surface area contributed by atoms with Crippen molar-refractivity contribution in [3.8, 4) is 11.5 Å². The van der Waals surface area contributed by atoms with Crippen LogP contribution in [0.3, 0.4) is 0 Å². The van der Waals surface area contributed by atoms with Crippen LogP contribution in [0, 0.1) is 0 Å². The van der Waals surface area contributed by atoms with E-state index in [1.165, 1.54) is 14.2 Å². The second kappa shape index (κ2) is 8.25. The summed E-state index contributed by atoms with van der Waals surface area (Å²) in [7, 11) is 3.02. The van der Waals surface area contributed by atoms with Crippen molar-refractivity contribution in [2.24, 2.45) is 0 Å². The van der Waals surface area contributed by atoms with Crippen molar-refractivity contribution in [2.75, 3.05) is 26.1 Å². The summed E-state index contributed by atoms with van der Waals surface area (Å²) in [6, 6.07) is 4.93. The number of nitrogens with one attached hydrogen (secondary N) is 1. The number of ether oxygens (including phenoxy) is 3. The second-order valence-electron chi connectivity index (χ2n) is 4.60. The molecule has 1 N–H and O–H groups in total. The van der Waals surface area contributed by atoms with Gasteiger partial charge < -0.3 is 19.5 Å². The van der Waals surface area contributed by atoms with Crippen molar-refractivity contribution in [3.63, 3.8) is 0 Å². The normalized spacial score (nSPS) is 10.1.